The monoisotopic (exact) mass is 462 g/mol. The highest BCUT2D eigenvalue weighted by atomic mass is 16.4. The van der Waals surface area contributed by atoms with Gasteiger partial charge in [-0.05, 0) is 24.3 Å². The van der Waals surface area contributed by atoms with Gasteiger partial charge >= 0.3 is 5.97 Å². The number of carbonyl (C=O) groups is 4. The summed E-state index contributed by atoms with van der Waals surface area (Å²) in [7, 11) is 0. The van der Waals surface area contributed by atoms with Gasteiger partial charge in [-0.25, -0.2) is 4.79 Å². The lowest BCUT2D eigenvalue weighted by atomic mass is 9.96. The molecule has 0 aromatic heterocycles. The Morgan fingerprint density at radius 1 is 1.18 bits per heavy atom. The second-order valence-electron chi connectivity index (χ2n) is 8.44. The summed E-state index contributed by atoms with van der Waals surface area (Å²) in [6.07, 6.45) is 1.68. The largest absolute Gasteiger partial charge is 0.480 e. The van der Waals surface area contributed by atoms with Crippen molar-refractivity contribution in [3.63, 3.8) is 0 Å². The molecule has 0 saturated carbocycles. The number of rotatable bonds is 11. The van der Waals surface area contributed by atoms with Crippen LogP contribution in [0.1, 0.15) is 38.7 Å². The number of benzene rings is 1. The fourth-order valence-electron chi connectivity index (χ4n) is 3.86. The van der Waals surface area contributed by atoms with E-state index in [9.17, 15) is 29.4 Å². The molecule has 1 aromatic carbocycles. The number of aliphatic hydroxyl groups excluding tert-OH is 1. The second kappa shape index (κ2) is 12.3. The molecule has 1 aromatic rings. The van der Waals surface area contributed by atoms with E-state index < -0.39 is 54.5 Å². The molecule has 3 amide bonds. The second-order valence-corrected chi connectivity index (χ2v) is 8.44. The molecular weight excluding hydrogens is 428 g/mol. The predicted molar refractivity (Wildman–Crippen MR) is 121 cm³/mol. The van der Waals surface area contributed by atoms with Crippen molar-refractivity contribution in [3.8, 4) is 0 Å². The van der Waals surface area contributed by atoms with Crippen molar-refractivity contribution in [2.45, 2.75) is 63.7 Å². The van der Waals surface area contributed by atoms with Crippen LogP contribution in [0.2, 0.25) is 0 Å². The fourth-order valence-corrected chi connectivity index (χ4v) is 3.86. The van der Waals surface area contributed by atoms with E-state index in [0.717, 1.165) is 5.56 Å². The third-order valence-corrected chi connectivity index (χ3v) is 6.04. The summed E-state index contributed by atoms with van der Waals surface area (Å²) in [5.41, 5.74) is 6.39. The first-order valence-electron chi connectivity index (χ1n) is 11.2. The summed E-state index contributed by atoms with van der Waals surface area (Å²) in [6, 6.07) is 4.91. The zero-order valence-electron chi connectivity index (χ0n) is 19.1. The molecule has 0 aliphatic carbocycles. The molecular formula is C23H34N4O6. The minimum atomic E-state index is -1.17. The smallest absolute Gasteiger partial charge is 0.326 e. The average Bonchev–Trinajstić information content (AvgIpc) is 3.31. The third kappa shape index (κ3) is 7.00. The predicted octanol–water partition coefficient (Wildman–Crippen LogP) is -0.360. The first-order chi connectivity index (χ1) is 15.7. The fraction of sp³-hybridized carbons (Fsp3) is 0.565. The Morgan fingerprint density at radius 3 is 2.42 bits per heavy atom. The Hall–Kier alpha value is -2.98. The Morgan fingerprint density at radius 2 is 1.85 bits per heavy atom. The van der Waals surface area contributed by atoms with Crippen LogP contribution < -0.4 is 16.4 Å². The topological polar surface area (TPSA) is 162 Å². The first-order valence-corrected chi connectivity index (χ1v) is 11.2. The van der Waals surface area contributed by atoms with Gasteiger partial charge in [0.25, 0.3) is 0 Å². The van der Waals surface area contributed by atoms with Crippen molar-refractivity contribution in [3.05, 3.63) is 35.9 Å². The maximum absolute atomic E-state index is 13.0. The number of carboxylic acid groups (broad SMARTS) is 1. The van der Waals surface area contributed by atoms with Crippen molar-refractivity contribution in [1.82, 2.24) is 15.5 Å². The van der Waals surface area contributed by atoms with Crippen molar-refractivity contribution >= 4 is 23.7 Å². The molecule has 1 heterocycles. The number of aliphatic carboxylic acids is 1. The molecule has 0 bridgehead atoms. The molecule has 6 N–H and O–H groups in total. The Balaban J connectivity index is 2.12. The van der Waals surface area contributed by atoms with Crippen LogP contribution in [0.25, 0.3) is 0 Å². The number of likely N-dealkylation sites (tertiary alicyclic amines) is 1. The summed E-state index contributed by atoms with van der Waals surface area (Å²) in [6.45, 7) is 3.46. The van der Waals surface area contributed by atoms with E-state index >= 15 is 0 Å². The van der Waals surface area contributed by atoms with Gasteiger partial charge in [0.05, 0.1) is 6.61 Å². The lowest BCUT2D eigenvalue weighted by Crippen LogP contribution is -2.58. The highest BCUT2D eigenvalue weighted by Crippen LogP contribution is 2.19. The van der Waals surface area contributed by atoms with E-state index in [1.165, 1.54) is 4.90 Å². The Bertz CT molecular complexity index is 834. The molecule has 10 heteroatoms. The molecule has 182 valence electrons. The van der Waals surface area contributed by atoms with E-state index in [1.807, 2.05) is 13.0 Å². The molecule has 10 nitrogen and oxygen atoms in total. The molecule has 0 spiro atoms. The number of hydrogen-bond acceptors (Lipinski definition) is 6. The van der Waals surface area contributed by atoms with Gasteiger partial charge in [0.2, 0.25) is 17.7 Å². The summed E-state index contributed by atoms with van der Waals surface area (Å²) in [5.74, 6) is -3.06. The average molecular weight is 463 g/mol. The van der Waals surface area contributed by atoms with Gasteiger partial charge < -0.3 is 31.5 Å². The van der Waals surface area contributed by atoms with Crippen molar-refractivity contribution in [2.75, 3.05) is 13.2 Å². The summed E-state index contributed by atoms with van der Waals surface area (Å²) >= 11 is 0. The highest BCUT2D eigenvalue weighted by Gasteiger charge is 2.38. The number of nitrogens with one attached hydrogen (secondary N) is 2. The van der Waals surface area contributed by atoms with Gasteiger partial charge in [-0.1, -0.05) is 50.6 Å². The number of hydrogen-bond donors (Lipinski definition) is 5. The Labute approximate surface area is 193 Å². The van der Waals surface area contributed by atoms with Crippen LogP contribution in [0.15, 0.2) is 30.3 Å². The maximum atomic E-state index is 13.0. The molecule has 1 fully saturated rings. The summed E-state index contributed by atoms with van der Waals surface area (Å²) in [5, 5.41) is 24.1. The van der Waals surface area contributed by atoms with Crippen molar-refractivity contribution < 1.29 is 29.4 Å². The van der Waals surface area contributed by atoms with Gasteiger partial charge in [-0.15, -0.1) is 0 Å². The molecule has 5 atom stereocenters. The van der Waals surface area contributed by atoms with E-state index in [-0.39, 0.29) is 12.3 Å². The number of aliphatic hydroxyl groups is 1. The molecule has 2 rings (SSSR count). The lowest BCUT2D eigenvalue weighted by molar-refractivity contribution is -0.143. The van der Waals surface area contributed by atoms with E-state index in [0.29, 0.717) is 25.8 Å². The standard InChI is InChI=1S/C23H34N4O6/c1-3-14(2)19(21(30)25-17(23(32)33)12-15-8-5-4-6-9-15)26-20(29)18-10-7-11-27(18)22(31)16(24)13-28/h4-6,8-9,14,16-19,28H,3,7,10-13,24H2,1-2H3,(H,25,30)(H,26,29)(H,32,33). The quantitative estimate of drug-likeness (QED) is 0.300. The van der Waals surface area contributed by atoms with Crippen LogP contribution >= 0.6 is 0 Å². The van der Waals surface area contributed by atoms with Gasteiger partial charge in [-0.2, -0.15) is 0 Å². The van der Waals surface area contributed by atoms with E-state index in [1.54, 1.807) is 31.2 Å². The van der Waals surface area contributed by atoms with Crippen LogP contribution in [-0.4, -0.2) is 76.1 Å². The molecule has 1 saturated heterocycles. The van der Waals surface area contributed by atoms with Crippen LogP contribution in [0.4, 0.5) is 0 Å². The number of amides is 3. The third-order valence-electron chi connectivity index (χ3n) is 6.04. The van der Waals surface area contributed by atoms with Gasteiger partial charge in [0.1, 0.15) is 24.2 Å². The van der Waals surface area contributed by atoms with Crippen LogP contribution in [0, 0.1) is 5.92 Å². The van der Waals surface area contributed by atoms with Crippen molar-refractivity contribution in [1.29, 1.82) is 0 Å². The first kappa shape index (κ1) is 26.3. The number of nitrogens with zero attached hydrogens (tertiary/aromatic N) is 1. The van der Waals surface area contributed by atoms with Gasteiger partial charge in [0.15, 0.2) is 0 Å². The zero-order chi connectivity index (χ0) is 24.5. The molecule has 5 unspecified atom stereocenters. The van der Waals surface area contributed by atoms with Crippen LogP contribution in [0.5, 0.6) is 0 Å². The van der Waals surface area contributed by atoms with E-state index in [4.69, 9.17) is 5.73 Å². The van der Waals surface area contributed by atoms with Crippen LogP contribution in [0.3, 0.4) is 0 Å². The maximum Gasteiger partial charge on any atom is 0.326 e. The van der Waals surface area contributed by atoms with Gasteiger partial charge in [-0.3, -0.25) is 14.4 Å². The molecule has 1 aliphatic heterocycles. The normalized spacial score (nSPS) is 19.3. The van der Waals surface area contributed by atoms with Crippen LogP contribution in [-0.2, 0) is 25.6 Å². The zero-order valence-corrected chi connectivity index (χ0v) is 19.1. The van der Waals surface area contributed by atoms with E-state index in [2.05, 4.69) is 10.6 Å². The number of carbonyl (C=O) groups excluding carboxylic acids is 3. The number of carboxylic acids is 1. The van der Waals surface area contributed by atoms with Crippen molar-refractivity contribution in [2.24, 2.45) is 11.7 Å². The van der Waals surface area contributed by atoms with Gasteiger partial charge in [0, 0.05) is 13.0 Å². The Kier molecular flexibility index (Phi) is 9.80. The number of nitrogens with two attached hydrogens (primary N) is 1. The summed E-state index contributed by atoms with van der Waals surface area (Å²) < 4.78 is 0. The molecule has 1 aliphatic rings. The highest BCUT2D eigenvalue weighted by molar-refractivity contribution is 5.94. The summed E-state index contributed by atoms with van der Waals surface area (Å²) in [4.78, 5) is 51.6. The SMILES string of the molecule is CCC(C)C(NC(=O)C1CCCN1C(=O)C(N)CO)C(=O)NC(Cc1ccccc1)C(=O)O. The molecule has 0 radical (unpaired) electrons. The minimum absolute atomic E-state index is 0.104. The molecule has 33 heavy (non-hydrogen) atoms. The minimum Gasteiger partial charge on any atom is -0.480 e. The lowest BCUT2D eigenvalue weighted by Gasteiger charge is -2.30.